The maximum absolute atomic E-state index is 8.69. The van der Waals surface area contributed by atoms with Crippen LogP contribution < -0.4 is 0 Å². The van der Waals surface area contributed by atoms with E-state index in [-0.39, 0.29) is 0 Å². The minimum atomic E-state index is 0.712. The van der Waals surface area contributed by atoms with Gasteiger partial charge in [0.05, 0.1) is 11.4 Å². The van der Waals surface area contributed by atoms with Gasteiger partial charge in [-0.15, -0.1) is 0 Å². The highest BCUT2D eigenvalue weighted by atomic mass is 35.5. The molecular weight excluding hydrogens is 240 g/mol. The van der Waals surface area contributed by atoms with Gasteiger partial charge in [-0.3, -0.25) is 9.58 Å². The van der Waals surface area contributed by atoms with Crippen molar-refractivity contribution in [2.24, 2.45) is 12.2 Å². The third kappa shape index (κ3) is 2.61. The molecule has 17 heavy (non-hydrogen) atoms. The van der Waals surface area contributed by atoms with E-state index in [1.54, 1.807) is 4.68 Å². The summed E-state index contributed by atoms with van der Waals surface area (Å²) < 4.78 is 1.71. The summed E-state index contributed by atoms with van der Waals surface area (Å²) >= 11 is 6.20. The Morgan fingerprint density at radius 1 is 1.41 bits per heavy atom. The monoisotopic (exact) mass is 256 g/mol. The number of halogens is 1. The first kappa shape index (κ1) is 12.4. The van der Waals surface area contributed by atoms with Crippen molar-refractivity contribution in [2.75, 3.05) is 13.1 Å². The lowest BCUT2D eigenvalue weighted by Gasteiger charge is -2.26. The van der Waals surface area contributed by atoms with E-state index in [4.69, 9.17) is 16.8 Å². The lowest BCUT2D eigenvalue weighted by molar-refractivity contribution is 0.256. The molecule has 0 spiro atoms. The zero-order chi connectivity index (χ0) is 12.4. The summed E-state index contributed by atoms with van der Waals surface area (Å²) in [5, 5.41) is 17.0. The Kier molecular flexibility index (Phi) is 3.69. The van der Waals surface area contributed by atoms with Crippen molar-refractivity contribution in [3.05, 3.63) is 16.4 Å². The van der Waals surface area contributed by atoms with Crippen LogP contribution in [-0.4, -0.2) is 38.7 Å². The van der Waals surface area contributed by atoms with Crippen LogP contribution >= 0.6 is 11.6 Å². The van der Waals surface area contributed by atoms with Gasteiger partial charge in [-0.2, -0.15) is 5.10 Å². The Labute approximate surface area is 106 Å². The van der Waals surface area contributed by atoms with Crippen LogP contribution in [0, 0.1) is 6.92 Å². The lowest BCUT2D eigenvalue weighted by atomic mass is 10.1. The van der Waals surface area contributed by atoms with Gasteiger partial charge in [0.2, 0.25) is 0 Å². The van der Waals surface area contributed by atoms with Gasteiger partial charge in [0, 0.05) is 45.1 Å². The molecule has 0 unspecified atom stereocenters. The molecule has 0 amide bonds. The largest absolute Gasteiger partial charge is 0.411 e. The number of piperidine rings is 1. The Morgan fingerprint density at radius 2 is 2.06 bits per heavy atom. The van der Waals surface area contributed by atoms with Crippen molar-refractivity contribution < 1.29 is 5.21 Å². The molecule has 0 aliphatic carbocycles. The van der Waals surface area contributed by atoms with Gasteiger partial charge in [0.15, 0.2) is 0 Å². The molecule has 6 heteroatoms. The summed E-state index contributed by atoms with van der Waals surface area (Å²) in [5.41, 5.74) is 2.97. The minimum absolute atomic E-state index is 0.712. The molecule has 1 N–H and O–H groups in total. The smallest absolute Gasteiger partial charge is 0.131 e. The molecule has 0 bridgehead atoms. The second-order valence-electron chi connectivity index (χ2n) is 4.42. The molecule has 5 nitrogen and oxygen atoms in total. The fraction of sp³-hybridized carbons (Fsp3) is 0.636. The van der Waals surface area contributed by atoms with Gasteiger partial charge < -0.3 is 5.21 Å². The Hall–Kier alpha value is -1.07. The van der Waals surface area contributed by atoms with Gasteiger partial charge in [-0.25, -0.2) is 0 Å². The average Bonchev–Trinajstić information content (AvgIpc) is 2.57. The van der Waals surface area contributed by atoms with Crippen LogP contribution in [0.15, 0.2) is 5.16 Å². The summed E-state index contributed by atoms with van der Waals surface area (Å²) in [5.74, 6) is 0. The van der Waals surface area contributed by atoms with Crippen LogP contribution in [-0.2, 0) is 13.6 Å². The predicted molar refractivity (Wildman–Crippen MR) is 66.7 cm³/mol. The summed E-state index contributed by atoms with van der Waals surface area (Å²) in [6, 6.07) is 0. The zero-order valence-electron chi connectivity index (χ0n) is 10.1. The van der Waals surface area contributed by atoms with E-state index in [1.165, 1.54) is 0 Å². The second-order valence-corrected chi connectivity index (χ2v) is 4.78. The highest BCUT2D eigenvalue weighted by Crippen LogP contribution is 2.21. The maximum Gasteiger partial charge on any atom is 0.131 e. The highest BCUT2D eigenvalue weighted by Gasteiger charge is 2.19. The maximum atomic E-state index is 8.69. The van der Waals surface area contributed by atoms with Crippen LogP contribution in [0.3, 0.4) is 0 Å². The molecule has 0 aromatic carbocycles. The van der Waals surface area contributed by atoms with E-state index in [1.807, 2.05) is 14.0 Å². The van der Waals surface area contributed by atoms with Crippen LogP contribution in [0.2, 0.25) is 5.15 Å². The second kappa shape index (κ2) is 5.06. The number of hydrogen-bond acceptors (Lipinski definition) is 4. The van der Waals surface area contributed by atoms with Crippen molar-refractivity contribution in [3.63, 3.8) is 0 Å². The van der Waals surface area contributed by atoms with E-state index in [0.29, 0.717) is 5.15 Å². The van der Waals surface area contributed by atoms with Crippen molar-refractivity contribution in [1.29, 1.82) is 0 Å². The minimum Gasteiger partial charge on any atom is -0.411 e. The standard InChI is InChI=1S/C11H17ClN4O/c1-8-10(11(12)15(2)13-8)7-16-5-3-9(14-17)4-6-16/h17H,3-7H2,1-2H3. The Balaban J connectivity index is 2.02. The fourth-order valence-electron chi connectivity index (χ4n) is 2.15. The molecule has 0 radical (unpaired) electrons. The molecule has 94 valence electrons. The predicted octanol–water partition coefficient (Wildman–Crippen LogP) is 1.81. The highest BCUT2D eigenvalue weighted by molar-refractivity contribution is 6.30. The first-order valence-electron chi connectivity index (χ1n) is 5.72. The van der Waals surface area contributed by atoms with Crippen LogP contribution in [0.1, 0.15) is 24.1 Å². The average molecular weight is 257 g/mol. The van der Waals surface area contributed by atoms with Crippen molar-refractivity contribution in [2.45, 2.75) is 26.3 Å². The van der Waals surface area contributed by atoms with Crippen LogP contribution in [0.25, 0.3) is 0 Å². The first-order chi connectivity index (χ1) is 8.11. The number of aryl methyl sites for hydroxylation is 2. The molecule has 2 rings (SSSR count). The van der Waals surface area contributed by atoms with Gasteiger partial charge in [-0.1, -0.05) is 16.8 Å². The van der Waals surface area contributed by atoms with E-state index in [2.05, 4.69) is 15.2 Å². The van der Waals surface area contributed by atoms with E-state index in [9.17, 15) is 0 Å². The number of likely N-dealkylation sites (tertiary alicyclic amines) is 1. The number of rotatable bonds is 2. The lowest BCUT2D eigenvalue weighted by Crippen LogP contribution is -2.33. The summed E-state index contributed by atoms with van der Waals surface area (Å²) in [6.45, 7) is 4.61. The quantitative estimate of drug-likeness (QED) is 0.649. The first-order valence-corrected chi connectivity index (χ1v) is 6.09. The number of oxime groups is 1. The van der Waals surface area contributed by atoms with Crippen LogP contribution in [0.4, 0.5) is 0 Å². The van der Waals surface area contributed by atoms with Gasteiger partial charge in [0.25, 0.3) is 0 Å². The molecular formula is C11H17ClN4O. The van der Waals surface area contributed by atoms with Gasteiger partial charge in [-0.05, 0) is 6.92 Å². The number of hydrogen-bond donors (Lipinski definition) is 1. The normalized spacial score (nSPS) is 17.5. The van der Waals surface area contributed by atoms with Gasteiger partial charge >= 0.3 is 0 Å². The zero-order valence-corrected chi connectivity index (χ0v) is 10.9. The third-order valence-corrected chi connectivity index (χ3v) is 3.70. The van der Waals surface area contributed by atoms with E-state index in [0.717, 1.165) is 49.4 Å². The summed E-state index contributed by atoms with van der Waals surface area (Å²) in [7, 11) is 1.85. The van der Waals surface area contributed by atoms with Crippen LogP contribution in [0.5, 0.6) is 0 Å². The fourth-order valence-corrected chi connectivity index (χ4v) is 2.38. The molecule has 0 saturated carbocycles. The molecule has 0 atom stereocenters. The molecule has 1 aromatic rings. The molecule has 1 aliphatic heterocycles. The van der Waals surface area contributed by atoms with E-state index >= 15 is 0 Å². The van der Waals surface area contributed by atoms with Crippen molar-refractivity contribution >= 4 is 17.3 Å². The molecule has 2 heterocycles. The third-order valence-electron chi connectivity index (χ3n) is 3.23. The van der Waals surface area contributed by atoms with Crippen molar-refractivity contribution in [1.82, 2.24) is 14.7 Å². The number of nitrogens with zero attached hydrogens (tertiary/aromatic N) is 4. The Bertz CT molecular complexity index is 431. The van der Waals surface area contributed by atoms with Gasteiger partial charge in [0.1, 0.15) is 5.15 Å². The SMILES string of the molecule is Cc1nn(C)c(Cl)c1CN1CCC(=NO)CC1. The molecule has 1 aliphatic rings. The number of aromatic nitrogens is 2. The summed E-state index contributed by atoms with van der Waals surface area (Å²) in [4.78, 5) is 2.31. The van der Waals surface area contributed by atoms with E-state index < -0.39 is 0 Å². The molecule has 1 fully saturated rings. The van der Waals surface area contributed by atoms with Crippen molar-refractivity contribution in [3.8, 4) is 0 Å². The topological polar surface area (TPSA) is 53.7 Å². The summed E-state index contributed by atoms with van der Waals surface area (Å²) in [6.07, 6.45) is 1.65. The Morgan fingerprint density at radius 3 is 2.53 bits per heavy atom. The molecule has 1 saturated heterocycles. The molecule has 1 aromatic heterocycles.